The lowest BCUT2D eigenvalue weighted by molar-refractivity contribution is -0.385. The maximum absolute atomic E-state index is 10.6. The monoisotopic (exact) mass is 328 g/mol. The van der Waals surface area contributed by atoms with Crippen LogP contribution in [0.3, 0.4) is 0 Å². The maximum Gasteiger partial charge on any atom is 0.287 e. The first-order valence-corrected chi connectivity index (χ1v) is 6.90. The van der Waals surface area contributed by atoms with Crippen LogP contribution in [0.15, 0.2) is 47.1 Å². The standard InChI is InChI=1S/C15H12N4O5/c1-10-17-15(24-18-10)9-22-12-3-5-13(6-4-12)23-14-7-2-11(8-16-14)19(20)21/h2-8H,9H2,1H3. The van der Waals surface area contributed by atoms with Crippen molar-refractivity contribution in [3.63, 3.8) is 0 Å². The van der Waals surface area contributed by atoms with E-state index in [0.717, 1.165) is 6.20 Å². The van der Waals surface area contributed by atoms with E-state index in [-0.39, 0.29) is 18.2 Å². The third kappa shape index (κ3) is 3.83. The van der Waals surface area contributed by atoms with Crippen LogP contribution >= 0.6 is 0 Å². The van der Waals surface area contributed by atoms with Crippen LogP contribution in [-0.2, 0) is 6.61 Å². The van der Waals surface area contributed by atoms with Gasteiger partial charge in [-0.05, 0) is 31.2 Å². The van der Waals surface area contributed by atoms with E-state index < -0.39 is 4.92 Å². The van der Waals surface area contributed by atoms with E-state index in [1.54, 1.807) is 31.2 Å². The summed E-state index contributed by atoms with van der Waals surface area (Å²) in [5.41, 5.74) is -0.0950. The fraction of sp³-hybridized carbons (Fsp3) is 0.133. The second kappa shape index (κ2) is 6.73. The molecular formula is C15H12N4O5. The van der Waals surface area contributed by atoms with Gasteiger partial charge in [0, 0.05) is 12.1 Å². The van der Waals surface area contributed by atoms with Gasteiger partial charge >= 0.3 is 0 Å². The summed E-state index contributed by atoms with van der Waals surface area (Å²) in [5.74, 6) is 2.33. The Bertz CT molecular complexity index is 830. The Hall–Kier alpha value is -3.49. The summed E-state index contributed by atoms with van der Waals surface area (Å²) in [4.78, 5) is 18.0. The van der Waals surface area contributed by atoms with Crippen LogP contribution in [0.1, 0.15) is 11.7 Å². The van der Waals surface area contributed by atoms with E-state index >= 15 is 0 Å². The Morgan fingerprint density at radius 3 is 2.50 bits per heavy atom. The fourth-order valence-corrected chi connectivity index (χ4v) is 1.81. The van der Waals surface area contributed by atoms with E-state index in [1.807, 2.05) is 0 Å². The Balaban J connectivity index is 1.58. The van der Waals surface area contributed by atoms with Crippen molar-refractivity contribution in [2.45, 2.75) is 13.5 Å². The minimum atomic E-state index is -0.520. The predicted molar refractivity (Wildman–Crippen MR) is 80.8 cm³/mol. The molecule has 24 heavy (non-hydrogen) atoms. The lowest BCUT2D eigenvalue weighted by Gasteiger charge is -2.06. The summed E-state index contributed by atoms with van der Waals surface area (Å²) in [6, 6.07) is 9.57. The first kappa shape index (κ1) is 15.4. The van der Waals surface area contributed by atoms with Crippen LogP contribution in [-0.4, -0.2) is 20.0 Å². The summed E-state index contributed by atoms with van der Waals surface area (Å²) in [5, 5.41) is 14.2. The minimum Gasteiger partial charge on any atom is -0.484 e. The molecular weight excluding hydrogens is 316 g/mol. The molecule has 3 aromatic rings. The number of benzene rings is 1. The number of nitrogens with zero attached hydrogens (tertiary/aromatic N) is 4. The molecule has 0 aliphatic carbocycles. The molecule has 0 fully saturated rings. The zero-order valence-corrected chi connectivity index (χ0v) is 12.6. The lowest BCUT2D eigenvalue weighted by atomic mass is 10.3. The highest BCUT2D eigenvalue weighted by Gasteiger charge is 2.07. The van der Waals surface area contributed by atoms with Crippen LogP contribution < -0.4 is 9.47 Å². The van der Waals surface area contributed by atoms with Gasteiger partial charge in [0.2, 0.25) is 5.88 Å². The van der Waals surface area contributed by atoms with Crippen molar-refractivity contribution in [3.05, 3.63) is 64.4 Å². The molecule has 0 amide bonds. The molecule has 122 valence electrons. The average Bonchev–Trinajstić information content (AvgIpc) is 3.00. The van der Waals surface area contributed by atoms with Gasteiger partial charge in [-0.1, -0.05) is 5.16 Å². The van der Waals surface area contributed by atoms with Gasteiger partial charge < -0.3 is 14.0 Å². The second-order valence-electron chi connectivity index (χ2n) is 4.71. The summed E-state index contributed by atoms with van der Waals surface area (Å²) < 4.78 is 16.0. The smallest absolute Gasteiger partial charge is 0.287 e. The first-order chi connectivity index (χ1) is 11.6. The predicted octanol–water partition coefficient (Wildman–Crippen LogP) is 3.05. The molecule has 0 radical (unpaired) electrons. The molecule has 0 N–H and O–H groups in total. The van der Waals surface area contributed by atoms with E-state index in [4.69, 9.17) is 14.0 Å². The van der Waals surface area contributed by atoms with Crippen LogP contribution in [0.25, 0.3) is 0 Å². The highest BCUT2D eigenvalue weighted by atomic mass is 16.6. The molecule has 2 heterocycles. The number of rotatable bonds is 6. The van der Waals surface area contributed by atoms with Gasteiger partial charge in [0.15, 0.2) is 12.4 Å². The molecule has 9 heteroatoms. The first-order valence-electron chi connectivity index (χ1n) is 6.90. The zero-order valence-electron chi connectivity index (χ0n) is 12.6. The highest BCUT2D eigenvalue weighted by molar-refractivity contribution is 5.35. The molecule has 0 saturated heterocycles. The Morgan fingerprint density at radius 2 is 1.92 bits per heavy atom. The fourth-order valence-electron chi connectivity index (χ4n) is 1.81. The largest absolute Gasteiger partial charge is 0.484 e. The van der Waals surface area contributed by atoms with Crippen molar-refractivity contribution < 1.29 is 18.9 Å². The topological polar surface area (TPSA) is 113 Å². The van der Waals surface area contributed by atoms with Crippen molar-refractivity contribution in [3.8, 4) is 17.4 Å². The van der Waals surface area contributed by atoms with E-state index in [1.165, 1.54) is 12.1 Å². The number of nitro groups is 1. The Kier molecular flexibility index (Phi) is 4.32. The van der Waals surface area contributed by atoms with Crippen LogP contribution in [0, 0.1) is 17.0 Å². The molecule has 0 spiro atoms. The third-order valence-electron chi connectivity index (χ3n) is 2.91. The zero-order chi connectivity index (χ0) is 16.9. The normalized spacial score (nSPS) is 10.4. The minimum absolute atomic E-state index is 0.0950. The second-order valence-corrected chi connectivity index (χ2v) is 4.71. The number of ether oxygens (including phenoxy) is 2. The number of hydrogen-bond acceptors (Lipinski definition) is 8. The number of aryl methyl sites for hydroxylation is 1. The molecule has 0 saturated carbocycles. The Morgan fingerprint density at radius 1 is 1.17 bits per heavy atom. The number of pyridine rings is 1. The summed E-state index contributed by atoms with van der Waals surface area (Å²) in [6.07, 6.45) is 1.14. The molecule has 0 aliphatic rings. The van der Waals surface area contributed by atoms with E-state index in [2.05, 4.69) is 15.1 Å². The molecule has 0 unspecified atom stereocenters. The van der Waals surface area contributed by atoms with Gasteiger partial charge in [-0.2, -0.15) is 4.98 Å². The van der Waals surface area contributed by atoms with Crippen LogP contribution in [0.5, 0.6) is 17.4 Å². The van der Waals surface area contributed by atoms with Crippen LogP contribution in [0.2, 0.25) is 0 Å². The molecule has 0 atom stereocenters. The van der Waals surface area contributed by atoms with Gasteiger partial charge in [0.1, 0.15) is 17.7 Å². The van der Waals surface area contributed by atoms with Crippen molar-refractivity contribution in [1.29, 1.82) is 0 Å². The van der Waals surface area contributed by atoms with Gasteiger partial charge in [0.05, 0.1) is 4.92 Å². The molecule has 3 rings (SSSR count). The van der Waals surface area contributed by atoms with Crippen LogP contribution in [0.4, 0.5) is 5.69 Å². The summed E-state index contributed by atoms with van der Waals surface area (Å²) in [6.45, 7) is 1.90. The average molecular weight is 328 g/mol. The van der Waals surface area contributed by atoms with Gasteiger partial charge in [-0.3, -0.25) is 10.1 Å². The highest BCUT2D eigenvalue weighted by Crippen LogP contribution is 2.24. The van der Waals surface area contributed by atoms with E-state index in [9.17, 15) is 10.1 Å². The Labute approximate surface area is 136 Å². The number of hydrogen-bond donors (Lipinski definition) is 0. The van der Waals surface area contributed by atoms with Gasteiger partial charge in [-0.25, -0.2) is 4.98 Å². The quantitative estimate of drug-likeness (QED) is 0.501. The molecule has 1 aromatic carbocycles. The lowest BCUT2D eigenvalue weighted by Crippen LogP contribution is -1.96. The van der Waals surface area contributed by atoms with Crippen molar-refractivity contribution in [1.82, 2.24) is 15.1 Å². The van der Waals surface area contributed by atoms with Crippen molar-refractivity contribution in [2.75, 3.05) is 0 Å². The number of aromatic nitrogens is 3. The molecule has 0 bridgehead atoms. The van der Waals surface area contributed by atoms with Gasteiger partial charge in [-0.15, -0.1) is 0 Å². The molecule has 9 nitrogen and oxygen atoms in total. The van der Waals surface area contributed by atoms with Gasteiger partial charge in [0.25, 0.3) is 11.6 Å². The summed E-state index contributed by atoms with van der Waals surface area (Å²) in [7, 11) is 0. The van der Waals surface area contributed by atoms with Crippen molar-refractivity contribution in [2.24, 2.45) is 0 Å². The van der Waals surface area contributed by atoms with Crippen molar-refractivity contribution >= 4 is 5.69 Å². The summed E-state index contributed by atoms with van der Waals surface area (Å²) >= 11 is 0. The van der Waals surface area contributed by atoms with E-state index in [0.29, 0.717) is 23.2 Å². The molecule has 0 aliphatic heterocycles. The maximum atomic E-state index is 10.6. The third-order valence-corrected chi connectivity index (χ3v) is 2.91. The molecule has 2 aromatic heterocycles. The SMILES string of the molecule is Cc1noc(COc2ccc(Oc3ccc([N+](=O)[O-])cn3)cc2)n1.